The molecule has 0 saturated heterocycles. The highest BCUT2D eigenvalue weighted by Gasteiger charge is 2.24. The zero-order valence-corrected chi connectivity index (χ0v) is 6.31. The molecule has 0 saturated carbocycles. The molecular formula is C7H14N2. The van der Waals surface area contributed by atoms with Crippen LogP contribution in [0.15, 0.2) is 5.10 Å². The summed E-state index contributed by atoms with van der Waals surface area (Å²) in [5.74, 6) is 0.609. The lowest BCUT2D eigenvalue weighted by molar-refractivity contribution is 0.322. The molecule has 1 rings (SSSR count). The molecule has 0 amide bonds. The molecule has 1 atom stereocenters. The van der Waals surface area contributed by atoms with Gasteiger partial charge in [-0.3, -0.25) is 0 Å². The molecule has 0 spiro atoms. The maximum absolute atomic E-state index is 3.96. The van der Waals surface area contributed by atoms with Gasteiger partial charge in [0.25, 0.3) is 0 Å². The molecule has 0 aromatic carbocycles. The van der Waals surface area contributed by atoms with Gasteiger partial charge in [-0.1, -0.05) is 20.8 Å². The molecule has 0 fully saturated rings. The number of nitrogens with one attached hydrogen (secondary N) is 1. The van der Waals surface area contributed by atoms with Crippen molar-refractivity contribution < 1.29 is 0 Å². The highest BCUT2D eigenvalue weighted by molar-refractivity contribution is 5.63. The van der Waals surface area contributed by atoms with Crippen LogP contribution in [0.1, 0.15) is 20.8 Å². The smallest absolute Gasteiger partial charge is 0.0413 e. The van der Waals surface area contributed by atoms with E-state index >= 15 is 0 Å². The molecule has 1 heterocycles. The SMILES string of the molecule is CC(C)(C)C1C=NNC1. The maximum atomic E-state index is 3.96. The summed E-state index contributed by atoms with van der Waals surface area (Å²) in [5.41, 5.74) is 3.32. The van der Waals surface area contributed by atoms with Crippen molar-refractivity contribution >= 4 is 6.21 Å². The molecule has 52 valence electrons. The summed E-state index contributed by atoms with van der Waals surface area (Å²) < 4.78 is 0. The molecule has 1 unspecified atom stereocenters. The number of hydrazone groups is 1. The van der Waals surface area contributed by atoms with Crippen molar-refractivity contribution in [1.82, 2.24) is 5.43 Å². The highest BCUT2D eigenvalue weighted by Crippen LogP contribution is 2.24. The molecule has 0 radical (unpaired) electrons. The third-order valence-corrected chi connectivity index (χ3v) is 1.77. The van der Waals surface area contributed by atoms with E-state index in [1.54, 1.807) is 0 Å². The lowest BCUT2D eigenvalue weighted by atomic mass is 9.82. The first-order valence-corrected chi connectivity index (χ1v) is 3.37. The van der Waals surface area contributed by atoms with E-state index in [4.69, 9.17) is 0 Å². The number of rotatable bonds is 0. The lowest BCUT2D eigenvalue weighted by Gasteiger charge is -2.22. The molecule has 1 N–H and O–H groups in total. The van der Waals surface area contributed by atoms with Crippen LogP contribution in [0.25, 0.3) is 0 Å². The summed E-state index contributed by atoms with van der Waals surface area (Å²) in [6, 6.07) is 0. The van der Waals surface area contributed by atoms with Gasteiger partial charge in [0.05, 0.1) is 0 Å². The maximum Gasteiger partial charge on any atom is 0.0413 e. The Morgan fingerprint density at radius 2 is 2.22 bits per heavy atom. The lowest BCUT2D eigenvalue weighted by Crippen LogP contribution is -2.24. The van der Waals surface area contributed by atoms with Crippen LogP contribution in [0.5, 0.6) is 0 Å². The summed E-state index contributed by atoms with van der Waals surface area (Å²) in [6.07, 6.45) is 2.00. The van der Waals surface area contributed by atoms with Crippen LogP contribution in [-0.2, 0) is 0 Å². The predicted octanol–water partition coefficient (Wildman–Crippen LogP) is 1.24. The molecule has 0 aromatic heterocycles. The summed E-state index contributed by atoms with van der Waals surface area (Å²) in [6.45, 7) is 7.70. The van der Waals surface area contributed by atoms with E-state index in [0.29, 0.717) is 11.3 Å². The molecule has 1 aliphatic rings. The molecule has 9 heavy (non-hydrogen) atoms. The van der Waals surface area contributed by atoms with Crippen molar-refractivity contribution in [3.63, 3.8) is 0 Å². The predicted molar refractivity (Wildman–Crippen MR) is 39.4 cm³/mol. The zero-order valence-electron chi connectivity index (χ0n) is 6.31. The minimum atomic E-state index is 0.368. The van der Waals surface area contributed by atoms with Gasteiger partial charge in [0, 0.05) is 18.7 Å². The van der Waals surface area contributed by atoms with Gasteiger partial charge in [0.15, 0.2) is 0 Å². The van der Waals surface area contributed by atoms with Gasteiger partial charge in [0.2, 0.25) is 0 Å². The third kappa shape index (κ3) is 1.44. The Kier molecular flexibility index (Phi) is 1.47. The Balaban J connectivity index is 2.53. The summed E-state index contributed by atoms with van der Waals surface area (Å²) in [7, 11) is 0. The van der Waals surface area contributed by atoms with Gasteiger partial charge in [-0.2, -0.15) is 5.10 Å². The molecule has 0 bridgehead atoms. The van der Waals surface area contributed by atoms with E-state index in [9.17, 15) is 0 Å². The van der Waals surface area contributed by atoms with Crippen LogP contribution in [-0.4, -0.2) is 12.8 Å². The first-order chi connectivity index (χ1) is 4.11. The Labute approximate surface area is 56.3 Å². The summed E-state index contributed by atoms with van der Waals surface area (Å²) in [4.78, 5) is 0. The second-order valence-electron chi connectivity index (χ2n) is 3.61. The van der Waals surface area contributed by atoms with E-state index in [1.807, 2.05) is 6.21 Å². The van der Waals surface area contributed by atoms with Gasteiger partial charge in [-0.15, -0.1) is 0 Å². The van der Waals surface area contributed by atoms with Gasteiger partial charge in [-0.25, -0.2) is 0 Å². The quantitative estimate of drug-likeness (QED) is 0.519. The number of hydrogen-bond acceptors (Lipinski definition) is 2. The van der Waals surface area contributed by atoms with Gasteiger partial charge in [0.1, 0.15) is 0 Å². The Morgan fingerprint density at radius 1 is 1.56 bits per heavy atom. The van der Waals surface area contributed by atoms with Crippen LogP contribution >= 0.6 is 0 Å². The number of nitrogens with zero attached hydrogens (tertiary/aromatic N) is 1. The largest absolute Gasteiger partial charge is 0.310 e. The van der Waals surface area contributed by atoms with Gasteiger partial charge >= 0.3 is 0 Å². The second-order valence-corrected chi connectivity index (χ2v) is 3.61. The van der Waals surface area contributed by atoms with Crippen LogP contribution in [0.4, 0.5) is 0 Å². The van der Waals surface area contributed by atoms with Crippen molar-refractivity contribution in [1.29, 1.82) is 0 Å². The van der Waals surface area contributed by atoms with Crippen LogP contribution in [0, 0.1) is 11.3 Å². The molecule has 0 aliphatic carbocycles. The molecule has 0 aromatic rings. The van der Waals surface area contributed by atoms with Crippen LogP contribution in [0.3, 0.4) is 0 Å². The van der Waals surface area contributed by atoms with Gasteiger partial charge < -0.3 is 5.43 Å². The highest BCUT2D eigenvalue weighted by atomic mass is 15.3. The first kappa shape index (κ1) is 6.59. The Bertz CT molecular complexity index is 121. The second kappa shape index (κ2) is 2.01. The third-order valence-electron chi connectivity index (χ3n) is 1.77. The minimum Gasteiger partial charge on any atom is -0.310 e. The number of hydrogen-bond donors (Lipinski definition) is 1. The average Bonchev–Trinajstić information content (AvgIpc) is 2.08. The summed E-state index contributed by atoms with van der Waals surface area (Å²) >= 11 is 0. The van der Waals surface area contributed by atoms with Crippen molar-refractivity contribution in [2.75, 3.05) is 6.54 Å². The minimum absolute atomic E-state index is 0.368. The monoisotopic (exact) mass is 126 g/mol. The fourth-order valence-corrected chi connectivity index (χ4v) is 0.876. The van der Waals surface area contributed by atoms with Crippen molar-refractivity contribution in [3.8, 4) is 0 Å². The molecule has 2 heteroatoms. The standard InChI is InChI=1S/C7H14N2/c1-7(2,3)6-4-8-9-5-6/h4,6,9H,5H2,1-3H3. The van der Waals surface area contributed by atoms with E-state index in [2.05, 4.69) is 31.3 Å². The summed E-state index contributed by atoms with van der Waals surface area (Å²) in [5, 5.41) is 3.96. The molecule has 1 aliphatic heterocycles. The van der Waals surface area contributed by atoms with Gasteiger partial charge in [-0.05, 0) is 5.41 Å². The Hall–Kier alpha value is -0.530. The fourth-order valence-electron chi connectivity index (χ4n) is 0.876. The van der Waals surface area contributed by atoms with Crippen molar-refractivity contribution in [2.24, 2.45) is 16.4 Å². The zero-order chi connectivity index (χ0) is 6.91. The van der Waals surface area contributed by atoms with E-state index in [0.717, 1.165) is 6.54 Å². The van der Waals surface area contributed by atoms with E-state index in [1.165, 1.54) is 0 Å². The molecular weight excluding hydrogens is 112 g/mol. The van der Waals surface area contributed by atoms with Crippen molar-refractivity contribution in [3.05, 3.63) is 0 Å². The first-order valence-electron chi connectivity index (χ1n) is 3.37. The van der Waals surface area contributed by atoms with Crippen LogP contribution < -0.4 is 5.43 Å². The topological polar surface area (TPSA) is 24.4 Å². The van der Waals surface area contributed by atoms with Crippen molar-refractivity contribution in [2.45, 2.75) is 20.8 Å². The van der Waals surface area contributed by atoms with E-state index in [-0.39, 0.29) is 0 Å². The van der Waals surface area contributed by atoms with E-state index < -0.39 is 0 Å². The van der Waals surface area contributed by atoms with Crippen LogP contribution in [0.2, 0.25) is 0 Å². The Morgan fingerprint density at radius 3 is 2.44 bits per heavy atom. The average molecular weight is 126 g/mol. The fraction of sp³-hybridized carbons (Fsp3) is 0.857. The molecule has 2 nitrogen and oxygen atoms in total. The normalized spacial score (nSPS) is 26.3.